The van der Waals surface area contributed by atoms with Crippen molar-refractivity contribution in [3.63, 3.8) is 0 Å². The zero-order valence-electron chi connectivity index (χ0n) is 15.3. The van der Waals surface area contributed by atoms with E-state index in [4.69, 9.17) is 9.72 Å². The topological polar surface area (TPSA) is 22.1 Å². The molecular weight excluding hydrogens is 330 g/mol. The van der Waals surface area contributed by atoms with Crippen molar-refractivity contribution in [2.45, 2.75) is 13.5 Å². The maximum atomic E-state index is 5.90. The summed E-state index contributed by atoms with van der Waals surface area (Å²) in [4.78, 5) is 4.71. The van der Waals surface area contributed by atoms with Gasteiger partial charge in [-0.1, -0.05) is 66.2 Å². The zero-order chi connectivity index (χ0) is 18.5. The van der Waals surface area contributed by atoms with Crippen LogP contribution in [0.5, 0.6) is 5.75 Å². The van der Waals surface area contributed by atoms with Crippen LogP contribution in [0, 0.1) is 6.92 Å². The molecule has 4 aromatic rings. The SMILES string of the molecule is Cc1ccc2nc(/C=C/c3cccc(OCc4ccccc4)c3)ccc2c1. The lowest BCUT2D eigenvalue weighted by Crippen LogP contribution is -1.94. The number of hydrogen-bond acceptors (Lipinski definition) is 2. The van der Waals surface area contributed by atoms with Crippen LogP contribution in [-0.2, 0) is 6.61 Å². The predicted molar refractivity (Wildman–Crippen MR) is 113 cm³/mol. The first kappa shape index (κ1) is 17.0. The summed E-state index contributed by atoms with van der Waals surface area (Å²) in [5.74, 6) is 0.864. The number of nitrogens with zero attached hydrogens (tertiary/aromatic N) is 1. The molecule has 0 aliphatic rings. The molecule has 0 saturated carbocycles. The summed E-state index contributed by atoms with van der Waals surface area (Å²) in [7, 11) is 0. The lowest BCUT2D eigenvalue weighted by atomic mass is 10.1. The highest BCUT2D eigenvalue weighted by molar-refractivity contribution is 5.81. The third-order valence-corrected chi connectivity index (χ3v) is 4.42. The summed E-state index contributed by atoms with van der Waals surface area (Å²) < 4.78 is 5.90. The van der Waals surface area contributed by atoms with Crippen LogP contribution in [0.3, 0.4) is 0 Å². The molecule has 0 atom stereocenters. The first-order valence-electron chi connectivity index (χ1n) is 9.09. The minimum Gasteiger partial charge on any atom is -0.489 e. The summed E-state index contributed by atoms with van der Waals surface area (Å²) in [6, 6.07) is 28.8. The molecular formula is C25H21NO. The molecule has 0 fully saturated rings. The van der Waals surface area contributed by atoms with E-state index in [0.29, 0.717) is 6.61 Å². The van der Waals surface area contributed by atoms with Gasteiger partial charge in [0, 0.05) is 5.39 Å². The van der Waals surface area contributed by atoms with Crippen LogP contribution < -0.4 is 4.74 Å². The standard InChI is InChI=1S/C25H21NO/c1-19-10-15-25-22(16-19)12-14-23(26-25)13-11-20-8-5-9-24(17-20)27-18-21-6-3-2-4-7-21/h2-17H,18H2,1H3/b13-11+. The molecule has 0 amide bonds. The van der Waals surface area contributed by atoms with E-state index in [2.05, 4.69) is 55.5 Å². The highest BCUT2D eigenvalue weighted by Crippen LogP contribution is 2.19. The Labute approximate surface area is 159 Å². The van der Waals surface area contributed by atoms with Gasteiger partial charge in [-0.2, -0.15) is 0 Å². The number of aromatic nitrogens is 1. The van der Waals surface area contributed by atoms with Gasteiger partial charge in [0.25, 0.3) is 0 Å². The normalized spacial score (nSPS) is 11.1. The Morgan fingerprint density at radius 3 is 2.59 bits per heavy atom. The lowest BCUT2D eigenvalue weighted by molar-refractivity contribution is 0.306. The lowest BCUT2D eigenvalue weighted by Gasteiger charge is -2.07. The Morgan fingerprint density at radius 1 is 0.815 bits per heavy atom. The van der Waals surface area contributed by atoms with Crippen LogP contribution in [0.4, 0.5) is 0 Å². The van der Waals surface area contributed by atoms with Crippen molar-refractivity contribution in [3.05, 3.63) is 107 Å². The maximum Gasteiger partial charge on any atom is 0.120 e. The molecule has 27 heavy (non-hydrogen) atoms. The van der Waals surface area contributed by atoms with Gasteiger partial charge in [-0.25, -0.2) is 4.98 Å². The summed E-state index contributed by atoms with van der Waals surface area (Å²) in [6.07, 6.45) is 4.10. The molecule has 0 N–H and O–H groups in total. The average molecular weight is 351 g/mol. The number of aryl methyl sites for hydroxylation is 1. The summed E-state index contributed by atoms with van der Waals surface area (Å²) in [6.45, 7) is 2.67. The molecule has 0 unspecified atom stereocenters. The number of hydrogen-bond donors (Lipinski definition) is 0. The van der Waals surface area contributed by atoms with Gasteiger partial charge >= 0.3 is 0 Å². The van der Waals surface area contributed by atoms with Crippen molar-refractivity contribution in [2.24, 2.45) is 0 Å². The largest absolute Gasteiger partial charge is 0.489 e. The van der Waals surface area contributed by atoms with Gasteiger partial charge in [0.15, 0.2) is 0 Å². The fourth-order valence-corrected chi connectivity index (χ4v) is 2.98. The van der Waals surface area contributed by atoms with Crippen LogP contribution in [-0.4, -0.2) is 4.98 Å². The van der Waals surface area contributed by atoms with Gasteiger partial charge in [-0.3, -0.25) is 0 Å². The third kappa shape index (κ3) is 4.42. The van der Waals surface area contributed by atoms with E-state index in [1.807, 2.05) is 48.5 Å². The van der Waals surface area contributed by atoms with Crippen molar-refractivity contribution >= 4 is 23.1 Å². The van der Waals surface area contributed by atoms with Crippen molar-refractivity contribution < 1.29 is 4.74 Å². The van der Waals surface area contributed by atoms with Crippen LogP contribution >= 0.6 is 0 Å². The van der Waals surface area contributed by atoms with Gasteiger partial charge in [0.2, 0.25) is 0 Å². The molecule has 0 aliphatic carbocycles. The Morgan fingerprint density at radius 2 is 1.70 bits per heavy atom. The molecule has 0 spiro atoms. The molecule has 2 heteroatoms. The van der Waals surface area contributed by atoms with Crippen molar-refractivity contribution in [1.82, 2.24) is 4.98 Å². The van der Waals surface area contributed by atoms with Gasteiger partial charge < -0.3 is 4.74 Å². The van der Waals surface area contributed by atoms with E-state index in [9.17, 15) is 0 Å². The van der Waals surface area contributed by atoms with Crippen LogP contribution in [0.25, 0.3) is 23.1 Å². The van der Waals surface area contributed by atoms with Gasteiger partial charge in [-0.15, -0.1) is 0 Å². The van der Waals surface area contributed by atoms with E-state index < -0.39 is 0 Å². The van der Waals surface area contributed by atoms with Crippen LogP contribution in [0.2, 0.25) is 0 Å². The molecule has 0 radical (unpaired) electrons. The Hall–Kier alpha value is -3.39. The number of benzene rings is 3. The fourth-order valence-electron chi connectivity index (χ4n) is 2.98. The number of rotatable bonds is 5. The minimum absolute atomic E-state index is 0.569. The van der Waals surface area contributed by atoms with Crippen molar-refractivity contribution in [1.29, 1.82) is 0 Å². The Bertz CT molecular complexity index is 1080. The second kappa shape index (κ2) is 7.88. The summed E-state index contributed by atoms with van der Waals surface area (Å²) >= 11 is 0. The first-order chi connectivity index (χ1) is 13.3. The van der Waals surface area contributed by atoms with E-state index in [1.54, 1.807) is 0 Å². The van der Waals surface area contributed by atoms with E-state index in [0.717, 1.165) is 28.1 Å². The summed E-state index contributed by atoms with van der Waals surface area (Å²) in [5.41, 5.74) is 5.46. The fraction of sp³-hybridized carbons (Fsp3) is 0.0800. The highest BCUT2D eigenvalue weighted by atomic mass is 16.5. The predicted octanol–water partition coefficient (Wildman–Crippen LogP) is 6.29. The van der Waals surface area contributed by atoms with E-state index >= 15 is 0 Å². The summed E-state index contributed by atoms with van der Waals surface area (Å²) in [5, 5.41) is 1.17. The second-order valence-corrected chi connectivity index (χ2v) is 6.61. The molecule has 132 valence electrons. The molecule has 1 aromatic heterocycles. The van der Waals surface area contributed by atoms with E-state index in [-0.39, 0.29) is 0 Å². The first-order valence-corrected chi connectivity index (χ1v) is 9.09. The molecule has 4 rings (SSSR count). The molecule has 3 aromatic carbocycles. The van der Waals surface area contributed by atoms with Crippen molar-refractivity contribution in [3.8, 4) is 5.75 Å². The number of pyridine rings is 1. The zero-order valence-corrected chi connectivity index (χ0v) is 15.3. The van der Waals surface area contributed by atoms with Crippen LogP contribution in [0.1, 0.15) is 22.4 Å². The van der Waals surface area contributed by atoms with Crippen LogP contribution in [0.15, 0.2) is 84.9 Å². The Kier molecular flexibility index (Phi) is 4.97. The molecule has 0 aliphatic heterocycles. The molecule has 1 heterocycles. The quantitative estimate of drug-likeness (QED) is 0.421. The monoisotopic (exact) mass is 351 g/mol. The van der Waals surface area contributed by atoms with Gasteiger partial charge in [0.05, 0.1) is 11.2 Å². The number of fused-ring (bicyclic) bond motifs is 1. The average Bonchev–Trinajstić information content (AvgIpc) is 2.72. The highest BCUT2D eigenvalue weighted by Gasteiger charge is 1.99. The van der Waals surface area contributed by atoms with Crippen molar-refractivity contribution in [2.75, 3.05) is 0 Å². The minimum atomic E-state index is 0.569. The second-order valence-electron chi connectivity index (χ2n) is 6.61. The van der Waals surface area contributed by atoms with Gasteiger partial charge in [0.1, 0.15) is 12.4 Å². The molecule has 0 bridgehead atoms. The van der Waals surface area contributed by atoms with E-state index in [1.165, 1.54) is 10.9 Å². The third-order valence-electron chi connectivity index (χ3n) is 4.42. The van der Waals surface area contributed by atoms with Gasteiger partial charge in [-0.05, 0) is 54.5 Å². The maximum absolute atomic E-state index is 5.90. The number of ether oxygens (including phenoxy) is 1. The molecule has 0 saturated heterocycles. The molecule has 2 nitrogen and oxygen atoms in total. The smallest absolute Gasteiger partial charge is 0.120 e. The Balaban J connectivity index is 1.48.